The molecular weight excluding hydrogens is 572 g/mol. The molecule has 8 nitrogen and oxygen atoms in total. The van der Waals surface area contributed by atoms with Crippen molar-refractivity contribution in [3.8, 4) is 45.3 Å². The third-order valence-electron chi connectivity index (χ3n) is 7.41. The van der Waals surface area contributed by atoms with Crippen LogP contribution < -0.4 is 18.9 Å². The van der Waals surface area contributed by atoms with E-state index in [-0.39, 0.29) is 33.6 Å². The molecule has 1 fully saturated rings. The largest absolute Gasteiger partial charge is 0.493 e. The van der Waals surface area contributed by atoms with Crippen LogP contribution in [0, 0.1) is 5.41 Å². The first-order chi connectivity index (χ1) is 21.3. The van der Waals surface area contributed by atoms with Crippen molar-refractivity contribution >= 4 is 17.9 Å². The summed E-state index contributed by atoms with van der Waals surface area (Å²) in [5.74, 6) is -0.932. The van der Waals surface area contributed by atoms with Crippen molar-refractivity contribution in [3.63, 3.8) is 0 Å². The maximum Gasteiger partial charge on any atom is 0.338 e. The smallest absolute Gasteiger partial charge is 0.338 e. The topological polar surface area (TPSA) is 97.4 Å². The van der Waals surface area contributed by atoms with Gasteiger partial charge in [-0.25, -0.2) is 14.4 Å². The number of methoxy groups -OCH3 is 1. The Bertz CT molecular complexity index is 1690. The van der Waals surface area contributed by atoms with E-state index < -0.39 is 17.9 Å². The lowest BCUT2D eigenvalue weighted by Gasteiger charge is -2.38. The molecule has 0 atom stereocenters. The van der Waals surface area contributed by atoms with E-state index in [0.717, 1.165) is 40.7 Å². The summed E-state index contributed by atoms with van der Waals surface area (Å²) in [6.45, 7) is 19.2. The van der Waals surface area contributed by atoms with Crippen molar-refractivity contribution in [1.29, 1.82) is 0 Å². The van der Waals surface area contributed by atoms with Crippen molar-refractivity contribution < 1.29 is 38.1 Å². The Hall–Kier alpha value is -4.95. The molecule has 3 aromatic rings. The monoisotopic (exact) mass is 610 g/mol. The molecule has 4 rings (SSSR count). The van der Waals surface area contributed by atoms with Gasteiger partial charge in [0.15, 0.2) is 23.0 Å². The first kappa shape index (κ1) is 33.0. The van der Waals surface area contributed by atoms with Crippen LogP contribution in [0.5, 0.6) is 23.0 Å². The Morgan fingerprint density at radius 1 is 0.689 bits per heavy atom. The minimum absolute atomic E-state index is 0.0775. The van der Waals surface area contributed by atoms with Gasteiger partial charge in [-0.05, 0) is 85.7 Å². The number of hydrogen-bond donors (Lipinski definition) is 0. The maximum absolute atomic E-state index is 12.4. The quantitative estimate of drug-likeness (QED) is 0.119. The number of esters is 3. The number of carbonyl (C=O) groups excluding carboxylic acids is 3. The van der Waals surface area contributed by atoms with Gasteiger partial charge in [-0.1, -0.05) is 57.0 Å². The average molecular weight is 611 g/mol. The lowest BCUT2D eigenvalue weighted by Crippen LogP contribution is -2.39. The van der Waals surface area contributed by atoms with Crippen LogP contribution in [-0.2, 0) is 25.5 Å². The summed E-state index contributed by atoms with van der Waals surface area (Å²) in [4.78, 5) is 37.0. The van der Waals surface area contributed by atoms with Crippen LogP contribution in [0.1, 0.15) is 39.7 Å². The number of hydrogen-bond acceptors (Lipinski definition) is 8. The molecular formula is C37H38O8. The Kier molecular flexibility index (Phi) is 10.1. The van der Waals surface area contributed by atoms with Gasteiger partial charge in [0.1, 0.15) is 0 Å². The van der Waals surface area contributed by atoms with E-state index in [9.17, 15) is 14.4 Å². The summed E-state index contributed by atoms with van der Waals surface area (Å²) in [6.07, 6.45) is 1.65. The zero-order chi connectivity index (χ0) is 32.9. The molecule has 0 radical (unpaired) electrons. The molecule has 0 N–H and O–H groups in total. The second-order valence-electron chi connectivity index (χ2n) is 11.7. The Morgan fingerprint density at radius 3 is 1.69 bits per heavy atom. The summed E-state index contributed by atoms with van der Waals surface area (Å²) in [5, 5.41) is 0. The van der Waals surface area contributed by atoms with Crippen molar-refractivity contribution in [3.05, 3.63) is 96.6 Å². The fraction of sp³-hybridized carbons (Fsp3) is 0.270. The highest BCUT2D eigenvalue weighted by Crippen LogP contribution is 2.40. The predicted octanol–water partition coefficient (Wildman–Crippen LogP) is 7.44. The molecule has 1 saturated heterocycles. The molecule has 1 aliphatic rings. The van der Waals surface area contributed by atoms with Crippen LogP contribution in [0.4, 0.5) is 0 Å². The third kappa shape index (κ3) is 7.96. The fourth-order valence-electron chi connectivity index (χ4n) is 4.63. The van der Waals surface area contributed by atoms with E-state index in [0.29, 0.717) is 24.7 Å². The molecule has 0 saturated carbocycles. The highest BCUT2D eigenvalue weighted by molar-refractivity contribution is 5.92. The Labute approximate surface area is 263 Å². The summed E-state index contributed by atoms with van der Waals surface area (Å²) in [7, 11) is 1.52. The lowest BCUT2D eigenvalue weighted by molar-refractivity contribution is -0.132. The van der Waals surface area contributed by atoms with Gasteiger partial charge < -0.3 is 23.7 Å². The zero-order valence-corrected chi connectivity index (χ0v) is 26.4. The molecule has 8 heteroatoms. The average Bonchev–Trinajstić information content (AvgIpc) is 2.99. The number of aryl methyl sites for hydroxylation is 1. The summed E-state index contributed by atoms with van der Waals surface area (Å²) in [5.41, 5.74) is 5.22. The molecule has 1 heterocycles. The number of rotatable bonds is 12. The standard InChI is InChI=1S/C37H38O8/c1-22(2)34(38)43-31-14-10-26(18-33(31)45-36(40)24(5)6)25-9-12-29(28(17-25)15-16-37(7)20-42-21-37)27-11-13-30(41-8)32(19-27)44-35(39)23(3)4/h9-14,17-19H,1,3,5,15-16,20-21H2,2,4,6-8H3. The molecule has 1 aliphatic heterocycles. The Balaban J connectivity index is 1.78. The molecule has 0 aliphatic carbocycles. The number of carbonyl (C=O) groups is 3. The third-order valence-corrected chi connectivity index (χ3v) is 7.41. The van der Waals surface area contributed by atoms with Gasteiger partial charge in [0.05, 0.1) is 20.3 Å². The van der Waals surface area contributed by atoms with E-state index >= 15 is 0 Å². The zero-order valence-electron chi connectivity index (χ0n) is 26.4. The van der Waals surface area contributed by atoms with Crippen LogP contribution in [0.3, 0.4) is 0 Å². The fourth-order valence-corrected chi connectivity index (χ4v) is 4.63. The summed E-state index contributed by atoms with van der Waals surface area (Å²) < 4.78 is 27.5. The van der Waals surface area contributed by atoms with Crippen LogP contribution in [-0.4, -0.2) is 38.2 Å². The molecule has 3 aromatic carbocycles. The highest BCUT2D eigenvalue weighted by atomic mass is 16.6. The predicted molar refractivity (Wildman–Crippen MR) is 172 cm³/mol. The van der Waals surface area contributed by atoms with Crippen molar-refractivity contribution in [2.45, 2.75) is 40.5 Å². The van der Waals surface area contributed by atoms with Crippen LogP contribution in [0.2, 0.25) is 0 Å². The summed E-state index contributed by atoms with van der Waals surface area (Å²) in [6, 6.07) is 16.6. The van der Waals surface area contributed by atoms with Crippen molar-refractivity contribution in [2.24, 2.45) is 5.41 Å². The minimum atomic E-state index is -0.644. The van der Waals surface area contributed by atoms with Gasteiger partial charge in [0.2, 0.25) is 0 Å². The lowest BCUT2D eigenvalue weighted by atomic mass is 9.81. The van der Waals surface area contributed by atoms with E-state index in [1.807, 2.05) is 18.2 Å². The molecule has 45 heavy (non-hydrogen) atoms. The SMILES string of the molecule is C=C(C)C(=O)Oc1cc(-c2ccc(-c3ccc(OC(=O)C(=C)C)c(OC(=O)C(=C)C)c3)cc2CCC2(C)COC2)ccc1OC. The van der Waals surface area contributed by atoms with E-state index in [1.165, 1.54) is 21.0 Å². The minimum Gasteiger partial charge on any atom is -0.493 e. The van der Waals surface area contributed by atoms with E-state index in [2.05, 4.69) is 32.7 Å². The normalized spacial score (nSPS) is 13.2. The van der Waals surface area contributed by atoms with Gasteiger partial charge in [0.25, 0.3) is 0 Å². The van der Waals surface area contributed by atoms with Gasteiger partial charge in [-0.15, -0.1) is 0 Å². The van der Waals surface area contributed by atoms with E-state index in [4.69, 9.17) is 23.7 Å². The molecule has 0 unspecified atom stereocenters. The number of benzene rings is 3. The number of ether oxygens (including phenoxy) is 5. The summed E-state index contributed by atoms with van der Waals surface area (Å²) >= 11 is 0. The first-order valence-electron chi connectivity index (χ1n) is 14.5. The maximum atomic E-state index is 12.4. The van der Waals surface area contributed by atoms with Gasteiger partial charge in [0, 0.05) is 22.1 Å². The first-order valence-corrected chi connectivity index (χ1v) is 14.5. The second kappa shape index (κ2) is 13.8. The van der Waals surface area contributed by atoms with Gasteiger partial charge >= 0.3 is 17.9 Å². The second-order valence-corrected chi connectivity index (χ2v) is 11.7. The Morgan fingerprint density at radius 2 is 1.16 bits per heavy atom. The van der Waals surface area contributed by atoms with Crippen LogP contribution in [0.25, 0.3) is 22.3 Å². The molecule has 0 amide bonds. The molecule has 234 valence electrons. The van der Waals surface area contributed by atoms with Gasteiger partial charge in [-0.2, -0.15) is 0 Å². The van der Waals surface area contributed by atoms with Crippen LogP contribution in [0.15, 0.2) is 91.1 Å². The van der Waals surface area contributed by atoms with Gasteiger partial charge in [-0.3, -0.25) is 0 Å². The highest BCUT2D eigenvalue weighted by Gasteiger charge is 2.33. The molecule has 0 aromatic heterocycles. The van der Waals surface area contributed by atoms with E-state index in [1.54, 1.807) is 37.3 Å². The van der Waals surface area contributed by atoms with Crippen molar-refractivity contribution in [1.82, 2.24) is 0 Å². The van der Waals surface area contributed by atoms with Crippen LogP contribution >= 0.6 is 0 Å². The molecule has 0 spiro atoms. The van der Waals surface area contributed by atoms with Crippen molar-refractivity contribution in [2.75, 3.05) is 20.3 Å². The molecule has 0 bridgehead atoms.